The van der Waals surface area contributed by atoms with Crippen molar-refractivity contribution in [2.75, 3.05) is 17.2 Å². The van der Waals surface area contributed by atoms with Crippen molar-refractivity contribution < 1.29 is 19.5 Å². The lowest BCUT2D eigenvalue weighted by atomic mass is 10.1. The summed E-state index contributed by atoms with van der Waals surface area (Å²) in [6, 6.07) is 11.0. The van der Waals surface area contributed by atoms with Crippen LogP contribution in [0.1, 0.15) is 44.1 Å². The van der Waals surface area contributed by atoms with Gasteiger partial charge in [0.05, 0.1) is 17.8 Å². The highest BCUT2D eigenvalue weighted by Crippen LogP contribution is 2.33. The zero-order valence-corrected chi connectivity index (χ0v) is 19.9. The molecule has 0 atom stereocenters. The number of hydroxylamine groups is 1. The van der Waals surface area contributed by atoms with E-state index in [1.807, 2.05) is 24.3 Å². The molecule has 3 rings (SSSR count). The fraction of sp³-hybridized carbons (Fsp3) is 0.259. The second-order valence-electron chi connectivity index (χ2n) is 8.03. The Hall–Kier alpha value is -4.42. The Labute approximate surface area is 209 Å². The van der Waals surface area contributed by atoms with Crippen LogP contribution in [0.5, 0.6) is 5.75 Å². The van der Waals surface area contributed by atoms with E-state index in [-0.39, 0.29) is 11.8 Å². The smallest absolute Gasteiger partial charge is 0.247 e. The number of benzene rings is 2. The van der Waals surface area contributed by atoms with E-state index in [1.165, 1.54) is 12.4 Å². The van der Waals surface area contributed by atoms with Crippen molar-refractivity contribution >= 4 is 39.9 Å². The molecule has 0 spiro atoms. The first kappa shape index (κ1) is 26.2. The van der Waals surface area contributed by atoms with Crippen LogP contribution < -0.4 is 20.9 Å². The molecule has 1 aromatic heterocycles. The summed E-state index contributed by atoms with van der Waals surface area (Å²) in [4.78, 5) is 31.8. The maximum atomic E-state index is 12.1. The topological polar surface area (TPSA) is 125 Å². The average molecular weight is 488 g/mol. The van der Waals surface area contributed by atoms with Gasteiger partial charge in [-0.25, -0.2) is 15.4 Å². The predicted octanol–water partition coefficient (Wildman–Crippen LogP) is 4.70. The summed E-state index contributed by atoms with van der Waals surface area (Å²) in [6.07, 6.45) is 12.8. The molecule has 0 aliphatic carbocycles. The third kappa shape index (κ3) is 7.55. The van der Waals surface area contributed by atoms with Gasteiger partial charge in [0.15, 0.2) is 0 Å². The lowest BCUT2D eigenvalue weighted by Crippen LogP contribution is -2.17. The number of anilines is 3. The molecule has 0 fully saturated rings. The van der Waals surface area contributed by atoms with Crippen LogP contribution in [-0.2, 0) is 9.59 Å². The van der Waals surface area contributed by atoms with E-state index < -0.39 is 0 Å². The summed E-state index contributed by atoms with van der Waals surface area (Å²) < 4.78 is 5.99. The van der Waals surface area contributed by atoms with Gasteiger partial charge < -0.3 is 15.4 Å². The van der Waals surface area contributed by atoms with Gasteiger partial charge in [0, 0.05) is 29.1 Å². The van der Waals surface area contributed by atoms with Crippen molar-refractivity contribution in [1.29, 1.82) is 0 Å². The molecule has 2 aromatic carbocycles. The number of aromatic nitrogens is 2. The maximum Gasteiger partial charge on any atom is 0.247 e. The zero-order valence-electron chi connectivity index (χ0n) is 19.9. The van der Waals surface area contributed by atoms with E-state index in [9.17, 15) is 9.59 Å². The first-order valence-corrected chi connectivity index (χ1v) is 11.7. The molecular weight excluding hydrogens is 458 g/mol. The predicted molar refractivity (Wildman–Crippen MR) is 139 cm³/mol. The first-order chi connectivity index (χ1) is 17.5. The number of carbonyl (C=O) groups is 2. The number of amides is 2. The fourth-order valence-corrected chi connectivity index (χ4v) is 3.56. The molecule has 0 saturated carbocycles. The number of hydrogen-bond donors (Lipinski definition) is 4. The third-order valence-electron chi connectivity index (χ3n) is 5.40. The minimum atomic E-state index is -0.369. The average Bonchev–Trinajstić information content (AvgIpc) is 2.90. The Morgan fingerprint density at radius 1 is 1.11 bits per heavy atom. The lowest BCUT2D eigenvalue weighted by molar-refractivity contribution is -0.129. The van der Waals surface area contributed by atoms with E-state index in [0.717, 1.165) is 43.4 Å². The van der Waals surface area contributed by atoms with Crippen molar-refractivity contribution in [3.05, 3.63) is 60.9 Å². The number of fused-ring (bicyclic) bond motifs is 1. The van der Waals surface area contributed by atoms with Crippen molar-refractivity contribution in [2.45, 2.75) is 38.5 Å². The molecule has 1 heterocycles. The quantitative estimate of drug-likeness (QED) is 0.0905. The lowest BCUT2D eigenvalue weighted by Gasteiger charge is -2.15. The number of ether oxygens (including phenoxy) is 1. The third-order valence-corrected chi connectivity index (χ3v) is 5.40. The Kier molecular flexibility index (Phi) is 9.79. The van der Waals surface area contributed by atoms with Crippen LogP contribution in [0.4, 0.5) is 17.2 Å². The van der Waals surface area contributed by atoms with Crippen LogP contribution >= 0.6 is 0 Å². The van der Waals surface area contributed by atoms with Gasteiger partial charge in [-0.05, 0) is 43.2 Å². The van der Waals surface area contributed by atoms with Crippen LogP contribution in [-0.4, -0.2) is 33.6 Å². The van der Waals surface area contributed by atoms with Crippen LogP contribution in [0.15, 0.2) is 55.4 Å². The summed E-state index contributed by atoms with van der Waals surface area (Å²) in [5, 5.41) is 15.3. The summed E-state index contributed by atoms with van der Waals surface area (Å²) in [5.41, 5.74) is 4.28. The molecule has 36 heavy (non-hydrogen) atoms. The van der Waals surface area contributed by atoms with E-state index >= 15 is 0 Å². The van der Waals surface area contributed by atoms with Gasteiger partial charge in [-0.1, -0.05) is 37.8 Å². The number of unbranched alkanes of at least 4 members (excludes halogenated alkanes) is 4. The number of hydrogen-bond acceptors (Lipinski definition) is 7. The second kappa shape index (κ2) is 13.5. The molecule has 0 bridgehead atoms. The molecule has 0 aliphatic rings. The molecule has 3 aromatic rings. The molecule has 0 radical (unpaired) electrons. The number of rotatable bonds is 13. The molecule has 9 nitrogen and oxygen atoms in total. The number of nitrogens with one attached hydrogen (secondary N) is 3. The number of terminal acetylenes is 1. The zero-order chi connectivity index (χ0) is 25.8. The van der Waals surface area contributed by atoms with Gasteiger partial charge in [-0.3, -0.25) is 14.8 Å². The second-order valence-corrected chi connectivity index (χ2v) is 8.03. The van der Waals surface area contributed by atoms with Gasteiger partial charge in [0.1, 0.15) is 17.9 Å². The van der Waals surface area contributed by atoms with Crippen LogP contribution in [0.25, 0.3) is 10.9 Å². The minimum absolute atomic E-state index is 0.310. The summed E-state index contributed by atoms with van der Waals surface area (Å²) in [6.45, 7) is 3.97. The number of nitrogens with zero attached hydrogens (tertiary/aromatic N) is 2. The normalized spacial score (nSPS) is 10.3. The Morgan fingerprint density at radius 3 is 2.69 bits per heavy atom. The summed E-state index contributed by atoms with van der Waals surface area (Å²) >= 11 is 0. The van der Waals surface area contributed by atoms with Crippen LogP contribution in [0.3, 0.4) is 0 Å². The van der Waals surface area contributed by atoms with Crippen molar-refractivity contribution in [3.8, 4) is 18.1 Å². The molecule has 2 amide bonds. The Bertz CT molecular complexity index is 1270. The molecule has 9 heteroatoms. The Morgan fingerprint density at radius 2 is 1.92 bits per heavy atom. The fourth-order valence-electron chi connectivity index (χ4n) is 3.56. The SMILES string of the molecule is C#Cc1cccc(Nc2ncnc3cc(OCCCCCCCC(=O)NO)c(NC(=O)C=C)cc23)c1. The maximum absolute atomic E-state index is 12.1. The first-order valence-electron chi connectivity index (χ1n) is 11.7. The van der Waals surface area contributed by atoms with Crippen LogP contribution in [0, 0.1) is 12.3 Å². The minimum Gasteiger partial charge on any atom is -0.491 e. The Balaban J connectivity index is 1.71. The van der Waals surface area contributed by atoms with Gasteiger partial charge in [0.2, 0.25) is 11.8 Å². The van der Waals surface area contributed by atoms with Gasteiger partial charge in [0.25, 0.3) is 0 Å². The summed E-state index contributed by atoms with van der Waals surface area (Å²) in [7, 11) is 0. The van der Waals surface area contributed by atoms with Gasteiger partial charge in [-0.2, -0.15) is 0 Å². The highest BCUT2D eigenvalue weighted by molar-refractivity contribution is 6.03. The molecule has 186 valence electrons. The monoisotopic (exact) mass is 487 g/mol. The highest BCUT2D eigenvalue weighted by atomic mass is 16.5. The molecule has 4 N–H and O–H groups in total. The molecule has 0 aliphatic heterocycles. The standard InChI is InChI=1S/C27H29N5O4/c1-3-19-11-10-12-20(15-19)30-27-21-16-23(31-25(33)4-2)24(17-22(21)28-18-29-27)36-14-9-7-5-6-8-13-26(34)32-35/h1,4,10-12,15-18,35H,2,5-9,13-14H2,(H,31,33)(H,32,34)(H,28,29,30). The van der Waals surface area contributed by atoms with Gasteiger partial charge in [-0.15, -0.1) is 6.42 Å². The van der Waals surface area contributed by atoms with Crippen molar-refractivity contribution in [3.63, 3.8) is 0 Å². The molecule has 0 saturated heterocycles. The summed E-state index contributed by atoms with van der Waals surface area (Å²) in [5.74, 6) is 2.93. The van der Waals surface area contributed by atoms with Crippen LogP contribution in [0.2, 0.25) is 0 Å². The van der Waals surface area contributed by atoms with Crippen molar-refractivity contribution in [1.82, 2.24) is 15.4 Å². The van der Waals surface area contributed by atoms with E-state index in [1.54, 1.807) is 17.6 Å². The van der Waals surface area contributed by atoms with E-state index in [0.29, 0.717) is 41.2 Å². The molecule has 0 unspecified atom stereocenters. The number of carbonyl (C=O) groups excluding carboxylic acids is 2. The van der Waals surface area contributed by atoms with E-state index in [2.05, 4.69) is 33.1 Å². The highest BCUT2D eigenvalue weighted by Gasteiger charge is 2.13. The largest absolute Gasteiger partial charge is 0.491 e. The van der Waals surface area contributed by atoms with E-state index in [4.69, 9.17) is 16.4 Å². The molecular formula is C27H29N5O4. The van der Waals surface area contributed by atoms with Crippen molar-refractivity contribution in [2.24, 2.45) is 0 Å². The van der Waals surface area contributed by atoms with Gasteiger partial charge >= 0.3 is 0 Å².